The van der Waals surface area contributed by atoms with E-state index in [0.29, 0.717) is 37.6 Å². The van der Waals surface area contributed by atoms with Crippen LogP contribution in [0, 0.1) is 11.3 Å². The molecular formula is C29H23Cl2N3O3S. The third-order valence-electron chi connectivity index (χ3n) is 5.75. The van der Waals surface area contributed by atoms with Crippen molar-refractivity contribution >= 4 is 52.5 Å². The Morgan fingerprint density at radius 1 is 1.05 bits per heavy atom. The van der Waals surface area contributed by atoms with Crippen LogP contribution in [0.15, 0.2) is 101 Å². The number of hydrogen-bond donors (Lipinski definition) is 2. The van der Waals surface area contributed by atoms with Gasteiger partial charge in [-0.15, -0.1) is 0 Å². The number of carbonyl (C=O) groups excluding carboxylic acids is 2. The Kier molecular flexibility index (Phi) is 9.14. The van der Waals surface area contributed by atoms with Crippen molar-refractivity contribution in [2.45, 2.75) is 19.4 Å². The lowest BCUT2D eigenvalue weighted by atomic mass is 9.82. The molecular weight excluding hydrogens is 541 g/mol. The van der Waals surface area contributed by atoms with Gasteiger partial charge in [0.2, 0.25) is 5.91 Å². The number of ether oxygens (including phenoxy) is 1. The summed E-state index contributed by atoms with van der Waals surface area (Å²) in [5.41, 5.74) is 3.09. The molecule has 2 N–H and O–H groups in total. The zero-order valence-electron chi connectivity index (χ0n) is 20.3. The number of nitrogens with zero attached hydrogens (tertiary/aromatic N) is 1. The molecule has 0 saturated heterocycles. The number of dihydropyridines is 1. The van der Waals surface area contributed by atoms with Crippen molar-refractivity contribution in [3.63, 3.8) is 0 Å². The standard InChI is InChI=1S/C29H23Cl2N3O3S/c1-18-26(29(36)37-16-19-8-3-2-4-9-19)27(22-12-5-6-13-24(22)31)23(15-32)28(33-18)38-17-25(35)34-21-11-7-10-20(30)14-21/h2-14,27,33H,16-17H2,1H3,(H,34,35)/t27-/m0/s1. The Morgan fingerprint density at radius 2 is 1.79 bits per heavy atom. The third-order valence-corrected chi connectivity index (χ3v) is 7.35. The van der Waals surface area contributed by atoms with E-state index in [0.717, 1.165) is 5.56 Å². The van der Waals surface area contributed by atoms with E-state index in [2.05, 4.69) is 16.7 Å². The first-order valence-corrected chi connectivity index (χ1v) is 13.4. The normalized spacial score (nSPS) is 14.9. The Balaban J connectivity index is 1.60. The number of thioether (sulfide) groups is 1. The fourth-order valence-electron chi connectivity index (χ4n) is 4.02. The highest BCUT2D eigenvalue weighted by Crippen LogP contribution is 2.43. The summed E-state index contributed by atoms with van der Waals surface area (Å²) in [7, 11) is 0. The van der Waals surface area contributed by atoms with Crippen molar-refractivity contribution in [2.24, 2.45) is 0 Å². The van der Waals surface area contributed by atoms with Gasteiger partial charge in [0.15, 0.2) is 0 Å². The smallest absolute Gasteiger partial charge is 0.337 e. The molecule has 0 unspecified atom stereocenters. The van der Waals surface area contributed by atoms with Gasteiger partial charge < -0.3 is 15.4 Å². The minimum Gasteiger partial charge on any atom is -0.457 e. The quantitative estimate of drug-likeness (QED) is 0.293. The van der Waals surface area contributed by atoms with Gasteiger partial charge in [-0.25, -0.2) is 4.79 Å². The van der Waals surface area contributed by atoms with Crippen molar-refractivity contribution < 1.29 is 14.3 Å². The SMILES string of the molecule is CC1=C(C(=O)OCc2ccccc2)[C@@H](c2ccccc2Cl)C(C#N)=C(SCC(=O)Nc2cccc(Cl)c2)N1. The number of halogens is 2. The van der Waals surface area contributed by atoms with Gasteiger partial charge in [0.25, 0.3) is 0 Å². The lowest BCUT2D eigenvalue weighted by Gasteiger charge is -2.29. The minimum absolute atomic E-state index is 0.0241. The van der Waals surface area contributed by atoms with Crippen LogP contribution < -0.4 is 10.6 Å². The molecule has 0 bridgehead atoms. The molecule has 3 aromatic carbocycles. The van der Waals surface area contributed by atoms with Crippen LogP contribution in [0.3, 0.4) is 0 Å². The van der Waals surface area contributed by atoms with Crippen LogP contribution in [0.4, 0.5) is 5.69 Å². The second-order valence-corrected chi connectivity index (χ2v) is 10.2. The summed E-state index contributed by atoms with van der Waals surface area (Å²) in [6.45, 7) is 1.83. The van der Waals surface area contributed by atoms with E-state index >= 15 is 0 Å². The third kappa shape index (κ3) is 6.59. The first-order chi connectivity index (χ1) is 18.4. The molecule has 0 radical (unpaired) electrons. The molecule has 1 aliphatic heterocycles. The molecule has 0 saturated carbocycles. The number of rotatable bonds is 8. The first kappa shape index (κ1) is 27.3. The number of benzene rings is 3. The molecule has 0 aromatic heterocycles. The monoisotopic (exact) mass is 563 g/mol. The molecule has 1 amide bonds. The molecule has 9 heteroatoms. The van der Waals surface area contributed by atoms with Gasteiger partial charge in [-0.1, -0.05) is 89.6 Å². The molecule has 1 aliphatic rings. The molecule has 3 aromatic rings. The number of esters is 1. The van der Waals surface area contributed by atoms with E-state index in [1.165, 1.54) is 11.8 Å². The highest BCUT2D eigenvalue weighted by atomic mass is 35.5. The summed E-state index contributed by atoms with van der Waals surface area (Å²) in [6, 6.07) is 25.5. The first-order valence-electron chi connectivity index (χ1n) is 11.6. The fourth-order valence-corrected chi connectivity index (χ4v) is 5.35. The summed E-state index contributed by atoms with van der Waals surface area (Å²) in [5.74, 6) is -1.57. The lowest BCUT2D eigenvalue weighted by Crippen LogP contribution is -2.29. The molecule has 0 aliphatic carbocycles. The molecule has 1 atom stereocenters. The maximum atomic E-state index is 13.4. The zero-order valence-corrected chi connectivity index (χ0v) is 22.7. The minimum atomic E-state index is -0.767. The molecule has 4 rings (SSSR count). The van der Waals surface area contributed by atoms with Gasteiger partial charge in [0, 0.05) is 21.4 Å². The number of anilines is 1. The van der Waals surface area contributed by atoms with Crippen LogP contribution in [0.25, 0.3) is 0 Å². The molecule has 0 fully saturated rings. The predicted molar refractivity (Wildman–Crippen MR) is 151 cm³/mol. The van der Waals surface area contributed by atoms with Crippen molar-refractivity contribution in [1.82, 2.24) is 5.32 Å². The summed E-state index contributed by atoms with van der Waals surface area (Å²) < 4.78 is 5.64. The highest BCUT2D eigenvalue weighted by Gasteiger charge is 2.36. The molecule has 192 valence electrons. The van der Waals surface area contributed by atoms with Crippen molar-refractivity contribution in [3.8, 4) is 6.07 Å². The summed E-state index contributed by atoms with van der Waals surface area (Å²) in [5, 5.41) is 17.5. The van der Waals surface area contributed by atoms with Crippen LogP contribution >= 0.6 is 35.0 Å². The Hall–Kier alpha value is -3.70. The maximum Gasteiger partial charge on any atom is 0.337 e. The van der Waals surface area contributed by atoms with Gasteiger partial charge in [0.05, 0.1) is 33.9 Å². The van der Waals surface area contributed by atoms with Crippen molar-refractivity contribution in [2.75, 3.05) is 11.1 Å². The Bertz CT molecular complexity index is 1470. The van der Waals surface area contributed by atoms with Crippen molar-refractivity contribution in [1.29, 1.82) is 5.26 Å². The molecule has 6 nitrogen and oxygen atoms in total. The van der Waals surface area contributed by atoms with E-state index in [1.54, 1.807) is 55.5 Å². The molecule has 38 heavy (non-hydrogen) atoms. The number of nitriles is 1. The molecule has 0 spiro atoms. The van der Waals surface area contributed by atoms with E-state index in [4.69, 9.17) is 27.9 Å². The van der Waals surface area contributed by atoms with Gasteiger partial charge in [-0.2, -0.15) is 5.26 Å². The van der Waals surface area contributed by atoms with Crippen LogP contribution in [-0.4, -0.2) is 17.6 Å². The van der Waals surface area contributed by atoms with E-state index < -0.39 is 11.9 Å². The summed E-state index contributed by atoms with van der Waals surface area (Å²) in [6.07, 6.45) is 0. The molecule has 1 heterocycles. The van der Waals surface area contributed by atoms with E-state index in [-0.39, 0.29) is 23.8 Å². The predicted octanol–water partition coefficient (Wildman–Crippen LogP) is 6.80. The topological polar surface area (TPSA) is 91.2 Å². The fraction of sp³-hybridized carbons (Fsp3) is 0.138. The van der Waals surface area contributed by atoms with Crippen LogP contribution in [0.5, 0.6) is 0 Å². The van der Waals surface area contributed by atoms with Gasteiger partial charge >= 0.3 is 5.97 Å². The van der Waals surface area contributed by atoms with Gasteiger partial charge in [-0.3, -0.25) is 4.79 Å². The maximum absolute atomic E-state index is 13.4. The van der Waals surface area contributed by atoms with Crippen LogP contribution in [-0.2, 0) is 20.9 Å². The lowest BCUT2D eigenvalue weighted by molar-refractivity contribution is -0.140. The number of carbonyl (C=O) groups is 2. The van der Waals surface area contributed by atoms with Crippen LogP contribution in [0.1, 0.15) is 24.0 Å². The Morgan fingerprint density at radius 3 is 2.50 bits per heavy atom. The summed E-state index contributed by atoms with van der Waals surface area (Å²) >= 11 is 13.7. The largest absolute Gasteiger partial charge is 0.457 e. The second-order valence-electron chi connectivity index (χ2n) is 8.38. The van der Waals surface area contributed by atoms with Crippen molar-refractivity contribution in [3.05, 3.63) is 122 Å². The number of nitrogens with one attached hydrogen (secondary N) is 2. The van der Waals surface area contributed by atoms with Gasteiger partial charge in [-0.05, 0) is 42.3 Å². The number of allylic oxidation sites excluding steroid dienone is 2. The van der Waals surface area contributed by atoms with E-state index in [9.17, 15) is 14.9 Å². The Labute approximate surface area is 235 Å². The number of hydrogen-bond acceptors (Lipinski definition) is 6. The highest BCUT2D eigenvalue weighted by molar-refractivity contribution is 8.03. The van der Waals surface area contributed by atoms with Crippen LogP contribution in [0.2, 0.25) is 10.0 Å². The zero-order chi connectivity index (χ0) is 27.1. The average Bonchev–Trinajstić information content (AvgIpc) is 2.91. The average molecular weight is 564 g/mol. The van der Waals surface area contributed by atoms with E-state index in [1.807, 2.05) is 30.3 Å². The summed E-state index contributed by atoms with van der Waals surface area (Å²) in [4.78, 5) is 26.0. The second kappa shape index (κ2) is 12.7. The number of amides is 1. The van der Waals surface area contributed by atoms with Gasteiger partial charge in [0.1, 0.15) is 6.61 Å².